The van der Waals surface area contributed by atoms with Gasteiger partial charge in [0.2, 0.25) is 5.91 Å². The zero-order valence-electron chi connectivity index (χ0n) is 18.8. The lowest BCUT2D eigenvalue weighted by Gasteiger charge is -2.27. The third kappa shape index (κ3) is 5.35. The minimum absolute atomic E-state index is 0.00486. The molecule has 4 rings (SSSR count). The molecule has 1 unspecified atom stereocenters. The van der Waals surface area contributed by atoms with E-state index in [4.69, 9.17) is 9.84 Å². The Bertz CT molecular complexity index is 983. The summed E-state index contributed by atoms with van der Waals surface area (Å²) in [6, 6.07) is 15.9. The van der Waals surface area contributed by atoms with E-state index in [1.54, 1.807) is 6.92 Å². The second-order valence-corrected chi connectivity index (χ2v) is 9.03. The first-order chi connectivity index (χ1) is 15.9. The summed E-state index contributed by atoms with van der Waals surface area (Å²) in [4.78, 5) is 35.8. The molecule has 2 amide bonds. The number of ether oxygens (including phenoxy) is 1. The highest BCUT2D eigenvalue weighted by molar-refractivity contribution is 5.79. The van der Waals surface area contributed by atoms with Crippen molar-refractivity contribution in [2.75, 3.05) is 6.61 Å². The molecule has 0 aliphatic heterocycles. The van der Waals surface area contributed by atoms with Gasteiger partial charge in [0, 0.05) is 24.4 Å². The number of carboxylic acids is 1. The summed E-state index contributed by atoms with van der Waals surface area (Å²) in [5.74, 6) is -1.24. The second kappa shape index (κ2) is 10.1. The number of carbonyl (C=O) groups is 3. The van der Waals surface area contributed by atoms with Gasteiger partial charge in [-0.15, -0.1) is 0 Å². The summed E-state index contributed by atoms with van der Waals surface area (Å²) in [7, 11) is 0. The van der Waals surface area contributed by atoms with Crippen LogP contribution in [-0.4, -0.2) is 41.8 Å². The van der Waals surface area contributed by atoms with Crippen LogP contribution in [-0.2, 0) is 14.3 Å². The SMILES string of the molecule is CC(CC(=O)NC1CCC(C(=O)O)CC1)NC(=O)OCC1c2ccccc2-c2ccccc21. The highest BCUT2D eigenvalue weighted by Crippen LogP contribution is 2.44. The van der Waals surface area contributed by atoms with Crippen LogP contribution < -0.4 is 10.6 Å². The molecule has 3 N–H and O–H groups in total. The molecule has 2 aliphatic carbocycles. The maximum Gasteiger partial charge on any atom is 0.407 e. The first kappa shape index (κ1) is 22.8. The zero-order valence-corrected chi connectivity index (χ0v) is 18.8. The molecule has 2 aliphatic rings. The van der Waals surface area contributed by atoms with Crippen LogP contribution in [0, 0.1) is 5.92 Å². The maximum absolute atomic E-state index is 12.4. The Kier molecular flexibility index (Phi) is 6.96. The van der Waals surface area contributed by atoms with Crippen molar-refractivity contribution in [2.24, 2.45) is 5.92 Å². The summed E-state index contributed by atoms with van der Waals surface area (Å²) in [5.41, 5.74) is 4.64. The van der Waals surface area contributed by atoms with E-state index in [-0.39, 0.29) is 42.9 Å². The van der Waals surface area contributed by atoms with E-state index in [0.29, 0.717) is 25.7 Å². The number of nitrogens with one attached hydrogen (secondary N) is 2. The fourth-order valence-corrected chi connectivity index (χ4v) is 4.94. The number of aliphatic carboxylic acids is 1. The summed E-state index contributed by atoms with van der Waals surface area (Å²) in [6.45, 7) is 1.99. The highest BCUT2D eigenvalue weighted by atomic mass is 16.5. The molecule has 7 nitrogen and oxygen atoms in total. The number of rotatable bonds is 7. The van der Waals surface area contributed by atoms with E-state index in [0.717, 1.165) is 11.1 Å². The Labute approximate surface area is 193 Å². The molecule has 174 valence electrons. The van der Waals surface area contributed by atoms with Gasteiger partial charge in [0.1, 0.15) is 6.61 Å². The first-order valence-corrected chi connectivity index (χ1v) is 11.6. The van der Waals surface area contributed by atoms with Gasteiger partial charge in [-0.1, -0.05) is 48.5 Å². The summed E-state index contributed by atoms with van der Waals surface area (Å²) in [6.07, 6.45) is 2.08. The summed E-state index contributed by atoms with van der Waals surface area (Å²) in [5, 5.41) is 14.8. The van der Waals surface area contributed by atoms with E-state index in [2.05, 4.69) is 34.9 Å². The fourth-order valence-electron chi connectivity index (χ4n) is 4.94. The third-order valence-corrected chi connectivity index (χ3v) is 6.64. The van der Waals surface area contributed by atoms with Crippen molar-refractivity contribution in [2.45, 2.75) is 57.0 Å². The van der Waals surface area contributed by atoms with Crippen LogP contribution in [0.3, 0.4) is 0 Å². The number of carboxylic acid groups (broad SMARTS) is 1. The van der Waals surface area contributed by atoms with Gasteiger partial charge in [-0.05, 0) is 54.9 Å². The first-order valence-electron chi connectivity index (χ1n) is 11.6. The molecule has 0 saturated heterocycles. The number of amides is 2. The third-order valence-electron chi connectivity index (χ3n) is 6.64. The smallest absolute Gasteiger partial charge is 0.407 e. The van der Waals surface area contributed by atoms with Gasteiger partial charge in [0.25, 0.3) is 0 Å². The van der Waals surface area contributed by atoms with Crippen molar-refractivity contribution in [3.8, 4) is 11.1 Å². The number of benzene rings is 2. The second-order valence-electron chi connectivity index (χ2n) is 9.03. The van der Waals surface area contributed by atoms with Crippen LogP contribution >= 0.6 is 0 Å². The van der Waals surface area contributed by atoms with Crippen LogP contribution in [0.4, 0.5) is 4.79 Å². The molecule has 1 saturated carbocycles. The van der Waals surface area contributed by atoms with Crippen molar-refractivity contribution < 1.29 is 24.2 Å². The molecule has 0 heterocycles. The van der Waals surface area contributed by atoms with E-state index in [1.165, 1.54) is 11.1 Å². The van der Waals surface area contributed by atoms with Gasteiger partial charge in [-0.3, -0.25) is 9.59 Å². The molecule has 0 aromatic heterocycles. The maximum atomic E-state index is 12.4. The van der Waals surface area contributed by atoms with Gasteiger partial charge in [0.15, 0.2) is 0 Å². The predicted octanol–water partition coefficient (Wildman–Crippen LogP) is 4.06. The van der Waals surface area contributed by atoms with E-state index in [9.17, 15) is 14.4 Å². The summed E-state index contributed by atoms with van der Waals surface area (Å²) < 4.78 is 5.54. The molecule has 7 heteroatoms. The topological polar surface area (TPSA) is 105 Å². The Hall–Kier alpha value is -3.35. The van der Waals surface area contributed by atoms with Gasteiger partial charge in [0.05, 0.1) is 5.92 Å². The highest BCUT2D eigenvalue weighted by Gasteiger charge is 2.30. The Morgan fingerprint density at radius 2 is 1.55 bits per heavy atom. The minimum atomic E-state index is -0.763. The molecule has 0 spiro atoms. The van der Waals surface area contributed by atoms with Gasteiger partial charge < -0.3 is 20.5 Å². The van der Waals surface area contributed by atoms with Gasteiger partial charge in [-0.2, -0.15) is 0 Å². The molecule has 2 aromatic carbocycles. The number of hydrogen-bond donors (Lipinski definition) is 3. The molecule has 33 heavy (non-hydrogen) atoms. The van der Waals surface area contributed by atoms with Crippen LogP contribution in [0.5, 0.6) is 0 Å². The average molecular weight is 451 g/mol. The standard InChI is InChI=1S/C26H30N2O5/c1-16(14-24(29)28-18-12-10-17(11-13-18)25(30)31)27-26(32)33-15-23-21-8-4-2-6-19(21)20-7-3-5-9-22(20)23/h2-9,16-18,23H,10-15H2,1H3,(H,27,32)(H,28,29)(H,30,31). The van der Waals surface area contributed by atoms with Crippen molar-refractivity contribution in [1.82, 2.24) is 10.6 Å². The summed E-state index contributed by atoms with van der Waals surface area (Å²) >= 11 is 0. The average Bonchev–Trinajstić information content (AvgIpc) is 3.11. The van der Waals surface area contributed by atoms with Crippen molar-refractivity contribution >= 4 is 18.0 Å². The molecule has 0 radical (unpaired) electrons. The minimum Gasteiger partial charge on any atom is -0.481 e. The molecule has 1 fully saturated rings. The lowest BCUT2D eigenvalue weighted by molar-refractivity contribution is -0.142. The van der Waals surface area contributed by atoms with Gasteiger partial charge >= 0.3 is 12.1 Å². The van der Waals surface area contributed by atoms with E-state index >= 15 is 0 Å². The fraction of sp³-hybridized carbons (Fsp3) is 0.423. The number of fused-ring (bicyclic) bond motifs is 3. The van der Waals surface area contributed by atoms with E-state index in [1.807, 2.05) is 24.3 Å². The monoisotopic (exact) mass is 450 g/mol. The Balaban J connectivity index is 1.23. The largest absolute Gasteiger partial charge is 0.481 e. The molecule has 0 bridgehead atoms. The molecular weight excluding hydrogens is 420 g/mol. The molecule has 1 atom stereocenters. The van der Waals surface area contributed by atoms with Crippen LogP contribution in [0.2, 0.25) is 0 Å². The van der Waals surface area contributed by atoms with Crippen molar-refractivity contribution in [3.63, 3.8) is 0 Å². The number of alkyl carbamates (subject to hydrolysis) is 1. The predicted molar refractivity (Wildman–Crippen MR) is 124 cm³/mol. The Morgan fingerprint density at radius 1 is 0.970 bits per heavy atom. The lowest BCUT2D eigenvalue weighted by atomic mass is 9.86. The molecule has 2 aromatic rings. The van der Waals surface area contributed by atoms with Crippen LogP contribution in [0.15, 0.2) is 48.5 Å². The van der Waals surface area contributed by atoms with Crippen molar-refractivity contribution in [3.05, 3.63) is 59.7 Å². The van der Waals surface area contributed by atoms with E-state index < -0.39 is 12.1 Å². The number of carbonyl (C=O) groups excluding carboxylic acids is 2. The van der Waals surface area contributed by atoms with Crippen molar-refractivity contribution in [1.29, 1.82) is 0 Å². The molecular formula is C26H30N2O5. The van der Waals surface area contributed by atoms with Crippen LogP contribution in [0.25, 0.3) is 11.1 Å². The van der Waals surface area contributed by atoms with Crippen LogP contribution in [0.1, 0.15) is 56.1 Å². The normalized spacial score (nSPS) is 20.3. The Morgan fingerprint density at radius 3 is 2.12 bits per heavy atom. The van der Waals surface area contributed by atoms with Gasteiger partial charge in [-0.25, -0.2) is 4.79 Å². The quantitative estimate of drug-likeness (QED) is 0.590. The number of hydrogen-bond acceptors (Lipinski definition) is 4. The zero-order chi connectivity index (χ0) is 23.4. The lowest BCUT2D eigenvalue weighted by Crippen LogP contribution is -2.42.